The van der Waals surface area contributed by atoms with Crippen LogP contribution < -0.4 is 10.6 Å². The minimum Gasteiger partial charge on any atom is -0.342 e. The van der Waals surface area contributed by atoms with Crippen molar-refractivity contribution >= 4 is 11.8 Å². The molecule has 1 unspecified atom stereocenters. The van der Waals surface area contributed by atoms with Crippen LogP contribution in [0.1, 0.15) is 71.1 Å². The minimum atomic E-state index is -0.287. The highest BCUT2D eigenvalue weighted by molar-refractivity contribution is 5.97. The van der Waals surface area contributed by atoms with Crippen molar-refractivity contribution in [2.45, 2.75) is 83.2 Å². The smallest absolute Gasteiger partial charge is 0.245 e. The van der Waals surface area contributed by atoms with Gasteiger partial charge in [-0.05, 0) is 50.6 Å². The van der Waals surface area contributed by atoms with Crippen molar-refractivity contribution in [1.82, 2.24) is 15.5 Å². The molecule has 3 aliphatic rings. The maximum Gasteiger partial charge on any atom is 0.245 e. The van der Waals surface area contributed by atoms with Crippen molar-refractivity contribution in [1.29, 1.82) is 0 Å². The van der Waals surface area contributed by atoms with Crippen LogP contribution in [-0.2, 0) is 9.59 Å². The second kappa shape index (κ2) is 9.02. The molecule has 2 N–H and O–H groups in total. The minimum absolute atomic E-state index is 0.100. The Morgan fingerprint density at radius 1 is 1.04 bits per heavy atom. The van der Waals surface area contributed by atoms with E-state index in [0.717, 1.165) is 51.7 Å². The fraction of sp³-hybridized carbons (Fsp3) is 0.900. The van der Waals surface area contributed by atoms with Gasteiger partial charge in [-0.15, -0.1) is 0 Å². The van der Waals surface area contributed by atoms with E-state index in [-0.39, 0.29) is 23.9 Å². The summed E-state index contributed by atoms with van der Waals surface area (Å²) in [4.78, 5) is 28.1. The number of nitrogens with one attached hydrogen (secondary N) is 2. The van der Waals surface area contributed by atoms with E-state index in [4.69, 9.17) is 0 Å². The van der Waals surface area contributed by atoms with Gasteiger partial charge < -0.3 is 15.5 Å². The quantitative estimate of drug-likeness (QED) is 0.774. The predicted octanol–water partition coefficient (Wildman–Crippen LogP) is 2.45. The lowest BCUT2D eigenvalue weighted by Gasteiger charge is -2.44. The zero-order valence-electron chi connectivity index (χ0n) is 15.8. The Kier molecular flexibility index (Phi) is 6.74. The lowest BCUT2D eigenvalue weighted by Crippen LogP contribution is -2.66. The number of hydrogen-bond acceptors (Lipinski definition) is 3. The molecule has 2 saturated heterocycles. The Labute approximate surface area is 152 Å². The van der Waals surface area contributed by atoms with E-state index in [1.807, 2.05) is 4.90 Å². The van der Waals surface area contributed by atoms with Gasteiger partial charge in [-0.1, -0.05) is 45.4 Å². The average molecular weight is 350 g/mol. The molecule has 2 amide bonds. The van der Waals surface area contributed by atoms with Gasteiger partial charge in [0.1, 0.15) is 12.1 Å². The summed E-state index contributed by atoms with van der Waals surface area (Å²) in [6.45, 7) is 4.79. The number of amides is 2. The SMILES string of the molecule is CCCCN1C(=O)[C@H](CC2CCCCC2)NC(=O)C1C1CCNCC1. The van der Waals surface area contributed by atoms with Crippen molar-refractivity contribution in [3.8, 4) is 0 Å². The Bertz CT molecular complexity index is 456. The summed E-state index contributed by atoms with van der Waals surface area (Å²) in [6.07, 6.45) is 11.1. The van der Waals surface area contributed by atoms with E-state index in [0.29, 0.717) is 11.8 Å². The van der Waals surface area contributed by atoms with E-state index >= 15 is 0 Å². The van der Waals surface area contributed by atoms with Gasteiger partial charge in [0.2, 0.25) is 11.8 Å². The fourth-order valence-corrected chi connectivity index (χ4v) is 4.92. The Balaban J connectivity index is 1.70. The summed E-state index contributed by atoms with van der Waals surface area (Å²) in [7, 11) is 0. The molecule has 1 saturated carbocycles. The molecule has 2 heterocycles. The lowest BCUT2D eigenvalue weighted by atomic mass is 9.82. The molecule has 5 heteroatoms. The third-order valence-corrected chi connectivity index (χ3v) is 6.38. The van der Waals surface area contributed by atoms with Gasteiger partial charge in [0.15, 0.2) is 0 Å². The second-order valence-electron chi connectivity index (χ2n) is 8.22. The van der Waals surface area contributed by atoms with Gasteiger partial charge in [0.05, 0.1) is 0 Å². The van der Waals surface area contributed by atoms with E-state index in [1.165, 1.54) is 32.1 Å². The van der Waals surface area contributed by atoms with Crippen molar-refractivity contribution < 1.29 is 9.59 Å². The molecule has 0 spiro atoms. The number of piperazine rings is 1. The maximum absolute atomic E-state index is 13.2. The van der Waals surface area contributed by atoms with Crippen LogP contribution in [0.2, 0.25) is 0 Å². The lowest BCUT2D eigenvalue weighted by molar-refractivity contribution is -0.152. The molecule has 2 aliphatic heterocycles. The second-order valence-corrected chi connectivity index (χ2v) is 8.22. The summed E-state index contributed by atoms with van der Waals surface area (Å²) in [5.74, 6) is 1.19. The zero-order chi connectivity index (χ0) is 17.6. The first-order valence-electron chi connectivity index (χ1n) is 10.5. The van der Waals surface area contributed by atoms with E-state index in [9.17, 15) is 9.59 Å². The topological polar surface area (TPSA) is 61.4 Å². The van der Waals surface area contributed by atoms with Crippen LogP contribution in [0, 0.1) is 11.8 Å². The summed E-state index contributed by atoms with van der Waals surface area (Å²) in [5.41, 5.74) is 0. The van der Waals surface area contributed by atoms with Crippen LogP contribution in [-0.4, -0.2) is 48.4 Å². The van der Waals surface area contributed by atoms with Crippen molar-refractivity contribution in [2.75, 3.05) is 19.6 Å². The van der Waals surface area contributed by atoms with E-state index in [2.05, 4.69) is 17.6 Å². The van der Waals surface area contributed by atoms with Gasteiger partial charge >= 0.3 is 0 Å². The van der Waals surface area contributed by atoms with Gasteiger partial charge in [0, 0.05) is 6.54 Å². The molecule has 142 valence electrons. The highest BCUT2D eigenvalue weighted by Crippen LogP contribution is 2.31. The number of rotatable bonds is 6. The van der Waals surface area contributed by atoms with E-state index in [1.54, 1.807) is 0 Å². The van der Waals surface area contributed by atoms with Gasteiger partial charge in [-0.25, -0.2) is 0 Å². The Hall–Kier alpha value is -1.10. The maximum atomic E-state index is 13.2. The first-order valence-corrected chi connectivity index (χ1v) is 10.5. The largest absolute Gasteiger partial charge is 0.342 e. The van der Waals surface area contributed by atoms with Crippen LogP contribution in [0.3, 0.4) is 0 Å². The first kappa shape index (κ1) is 18.7. The molecule has 0 aromatic carbocycles. The summed E-state index contributed by atoms with van der Waals surface area (Å²) < 4.78 is 0. The molecule has 25 heavy (non-hydrogen) atoms. The Morgan fingerprint density at radius 3 is 2.44 bits per heavy atom. The number of hydrogen-bond donors (Lipinski definition) is 2. The van der Waals surface area contributed by atoms with Crippen LogP contribution in [0.25, 0.3) is 0 Å². The van der Waals surface area contributed by atoms with Crippen LogP contribution >= 0.6 is 0 Å². The third kappa shape index (κ3) is 4.55. The van der Waals surface area contributed by atoms with Crippen molar-refractivity contribution in [2.24, 2.45) is 11.8 Å². The van der Waals surface area contributed by atoms with Crippen LogP contribution in [0.15, 0.2) is 0 Å². The number of nitrogens with zero attached hydrogens (tertiary/aromatic N) is 1. The molecule has 3 rings (SSSR count). The number of piperidine rings is 1. The zero-order valence-corrected chi connectivity index (χ0v) is 15.8. The molecule has 3 fully saturated rings. The van der Waals surface area contributed by atoms with E-state index < -0.39 is 0 Å². The highest BCUT2D eigenvalue weighted by Gasteiger charge is 2.44. The summed E-state index contributed by atoms with van der Waals surface area (Å²) in [6, 6.07) is -0.533. The average Bonchev–Trinajstić information content (AvgIpc) is 2.64. The monoisotopic (exact) mass is 349 g/mol. The standard InChI is InChI=1S/C20H35N3O2/c1-2-3-13-23-18(16-9-11-21-12-10-16)19(24)22-17(20(23)25)14-15-7-5-4-6-8-15/h15-18,21H,2-14H2,1H3,(H,22,24)/t17-,18?/m0/s1. The van der Waals surface area contributed by atoms with Gasteiger partial charge in [0.25, 0.3) is 0 Å². The molecule has 0 radical (unpaired) electrons. The Morgan fingerprint density at radius 2 is 1.76 bits per heavy atom. The molecule has 5 nitrogen and oxygen atoms in total. The molecular weight excluding hydrogens is 314 g/mol. The normalized spacial score (nSPS) is 29.7. The van der Waals surface area contributed by atoms with Gasteiger partial charge in [-0.2, -0.15) is 0 Å². The predicted molar refractivity (Wildman–Crippen MR) is 99.1 cm³/mol. The van der Waals surface area contributed by atoms with Crippen molar-refractivity contribution in [3.63, 3.8) is 0 Å². The number of unbranched alkanes of at least 4 members (excludes halogenated alkanes) is 1. The molecule has 1 aliphatic carbocycles. The number of carbonyl (C=O) groups excluding carboxylic acids is 2. The number of carbonyl (C=O) groups is 2. The molecular formula is C20H35N3O2. The highest BCUT2D eigenvalue weighted by atomic mass is 16.2. The van der Waals surface area contributed by atoms with Crippen molar-refractivity contribution in [3.05, 3.63) is 0 Å². The first-order chi connectivity index (χ1) is 12.2. The molecule has 0 bridgehead atoms. The summed E-state index contributed by atoms with van der Waals surface area (Å²) >= 11 is 0. The molecule has 2 atom stereocenters. The van der Waals surface area contributed by atoms with Crippen LogP contribution in [0.5, 0.6) is 0 Å². The molecule has 0 aromatic rings. The molecule has 0 aromatic heterocycles. The third-order valence-electron chi connectivity index (χ3n) is 6.38. The summed E-state index contributed by atoms with van der Waals surface area (Å²) in [5, 5.41) is 6.48. The van der Waals surface area contributed by atoms with Crippen LogP contribution in [0.4, 0.5) is 0 Å². The fourth-order valence-electron chi connectivity index (χ4n) is 4.92. The van der Waals surface area contributed by atoms with Gasteiger partial charge in [-0.3, -0.25) is 9.59 Å².